The molecule has 0 unspecified atom stereocenters. The summed E-state index contributed by atoms with van der Waals surface area (Å²) in [6.07, 6.45) is 1.61. The number of benzene rings is 1. The lowest BCUT2D eigenvalue weighted by Gasteiger charge is -1.98. The smallest absolute Gasteiger partial charge is 0.200 e. The van der Waals surface area contributed by atoms with E-state index < -0.39 is 0 Å². The van der Waals surface area contributed by atoms with Gasteiger partial charge in [-0.05, 0) is 11.6 Å². The second-order valence-electron chi connectivity index (χ2n) is 2.99. The summed E-state index contributed by atoms with van der Waals surface area (Å²) in [5.74, 6) is 1.05. The summed E-state index contributed by atoms with van der Waals surface area (Å²) in [6.45, 7) is 0.126. The normalized spacial score (nSPS) is 9.81. The summed E-state index contributed by atoms with van der Waals surface area (Å²) in [5.41, 5.74) is 9.10. The van der Waals surface area contributed by atoms with Gasteiger partial charge in [-0.15, -0.1) is 0 Å². The zero-order valence-electron chi connectivity index (χ0n) is 8.17. The molecule has 0 N–H and O–H groups in total. The van der Waals surface area contributed by atoms with Crippen LogP contribution < -0.4 is 0 Å². The first-order chi connectivity index (χ1) is 7.81. The van der Waals surface area contributed by atoms with Crippen LogP contribution in [0.4, 0.5) is 0 Å². The van der Waals surface area contributed by atoms with E-state index in [0.717, 1.165) is 10.0 Å². The largest absolute Gasteiger partial charge is 0.441 e. The summed E-state index contributed by atoms with van der Waals surface area (Å²) in [7, 11) is 0. The van der Waals surface area contributed by atoms with Crippen molar-refractivity contribution in [1.82, 2.24) is 4.98 Å². The number of halogens is 1. The van der Waals surface area contributed by atoms with Gasteiger partial charge in [0.2, 0.25) is 5.89 Å². The number of azide groups is 1. The summed E-state index contributed by atoms with van der Waals surface area (Å²) < 4.78 is 6.38. The molecule has 5 nitrogen and oxygen atoms in total. The fourth-order valence-corrected chi connectivity index (χ4v) is 1.74. The highest BCUT2D eigenvalue weighted by Crippen LogP contribution is 2.28. The molecule has 0 aliphatic carbocycles. The first-order valence-electron chi connectivity index (χ1n) is 4.51. The number of nitrogens with zero attached hydrogens (tertiary/aromatic N) is 4. The maximum Gasteiger partial charge on any atom is 0.200 e. The molecular formula is C10H7BrN4O. The van der Waals surface area contributed by atoms with Gasteiger partial charge in [-0.2, -0.15) is 0 Å². The topological polar surface area (TPSA) is 74.8 Å². The molecule has 2 rings (SSSR count). The molecule has 1 heterocycles. The minimum atomic E-state index is 0.126. The summed E-state index contributed by atoms with van der Waals surface area (Å²) in [4.78, 5) is 6.67. The Kier molecular flexibility index (Phi) is 3.24. The predicted octanol–water partition coefficient (Wildman–Crippen LogP) is 3.91. The lowest BCUT2D eigenvalue weighted by molar-refractivity contribution is 0.509. The molecule has 80 valence electrons. The molecule has 0 spiro atoms. The Morgan fingerprint density at radius 3 is 3.00 bits per heavy atom. The fourth-order valence-electron chi connectivity index (χ4n) is 1.26. The molecule has 0 saturated carbocycles. The van der Waals surface area contributed by atoms with E-state index in [1.165, 1.54) is 0 Å². The van der Waals surface area contributed by atoms with Crippen LogP contribution in [-0.4, -0.2) is 4.98 Å². The van der Waals surface area contributed by atoms with Crippen molar-refractivity contribution in [2.75, 3.05) is 0 Å². The number of rotatable bonds is 3. The standard InChI is InChI=1S/C10H7BrN4O/c11-8-4-2-1-3-7(8)9-5-13-10(16-9)6-14-15-12/h1-5H,6H2. The van der Waals surface area contributed by atoms with Crippen molar-refractivity contribution in [3.63, 3.8) is 0 Å². The van der Waals surface area contributed by atoms with E-state index in [2.05, 4.69) is 30.9 Å². The van der Waals surface area contributed by atoms with Crippen LogP contribution in [0.2, 0.25) is 0 Å². The molecule has 0 aliphatic heterocycles. The van der Waals surface area contributed by atoms with Crippen LogP contribution in [0.15, 0.2) is 44.5 Å². The number of aromatic nitrogens is 1. The molecule has 1 aromatic carbocycles. The van der Waals surface area contributed by atoms with Gasteiger partial charge >= 0.3 is 0 Å². The lowest BCUT2D eigenvalue weighted by atomic mass is 10.2. The van der Waals surface area contributed by atoms with Gasteiger partial charge in [0, 0.05) is 14.9 Å². The first kappa shape index (κ1) is 10.7. The molecule has 1 aromatic heterocycles. The van der Waals surface area contributed by atoms with Gasteiger partial charge in [0.05, 0.1) is 6.20 Å². The maximum atomic E-state index is 8.18. The van der Waals surface area contributed by atoms with Gasteiger partial charge in [0.15, 0.2) is 5.76 Å². The second-order valence-corrected chi connectivity index (χ2v) is 3.84. The monoisotopic (exact) mass is 278 g/mol. The van der Waals surface area contributed by atoms with Gasteiger partial charge in [-0.25, -0.2) is 4.98 Å². The van der Waals surface area contributed by atoms with Crippen molar-refractivity contribution in [2.24, 2.45) is 5.11 Å². The van der Waals surface area contributed by atoms with Crippen LogP contribution in [0.5, 0.6) is 0 Å². The van der Waals surface area contributed by atoms with Crippen molar-refractivity contribution in [2.45, 2.75) is 6.54 Å². The van der Waals surface area contributed by atoms with E-state index in [0.29, 0.717) is 11.7 Å². The van der Waals surface area contributed by atoms with Gasteiger partial charge in [0.1, 0.15) is 6.54 Å². The van der Waals surface area contributed by atoms with E-state index in [1.807, 2.05) is 24.3 Å². The predicted molar refractivity (Wildman–Crippen MR) is 62.5 cm³/mol. The van der Waals surface area contributed by atoms with Crippen molar-refractivity contribution < 1.29 is 4.42 Å². The summed E-state index contributed by atoms with van der Waals surface area (Å²) >= 11 is 3.43. The SMILES string of the molecule is [N-]=[N+]=NCc1ncc(-c2ccccc2Br)o1. The van der Waals surface area contributed by atoms with E-state index in [-0.39, 0.29) is 6.54 Å². The van der Waals surface area contributed by atoms with Gasteiger partial charge < -0.3 is 4.42 Å². The molecule has 16 heavy (non-hydrogen) atoms. The molecule has 0 fully saturated rings. The highest BCUT2D eigenvalue weighted by atomic mass is 79.9. The maximum absolute atomic E-state index is 8.18. The van der Waals surface area contributed by atoms with Crippen LogP contribution >= 0.6 is 15.9 Å². The van der Waals surface area contributed by atoms with Crippen LogP contribution in [0.25, 0.3) is 21.8 Å². The highest BCUT2D eigenvalue weighted by Gasteiger charge is 2.08. The van der Waals surface area contributed by atoms with Crippen LogP contribution in [0.3, 0.4) is 0 Å². The number of hydrogen-bond donors (Lipinski definition) is 0. The average molecular weight is 279 g/mol. The third kappa shape index (κ3) is 2.24. The summed E-state index contributed by atoms with van der Waals surface area (Å²) in [6, 6.07) is 7.67. The van der Waals surface area contributed by atoms with Crippen molar-refractivity contribution >= 4 is 15.9 Å². The highest BCUT2D eigenvalue weighted by molar-refractivity contribution is 9.10. The molecule has 2 aromatic rings. The fraction of sp³-hybridized carbons (Fsp3) is 0.100. The molecule has 0 aliphatic rings. The van der Waals surface area contributed by atoms with Crippen LogP contribution in [-0.2, 0) is 6.54 Å². The average Bonchev–Trinajstić information content (AvgIpc) is 2.75. The zero-order valence-corrected chi connectivity index (χ0v) is 9.75. The second kappa shape index (κ2) is 4.83. The Bertz CT molecular complexity index is 545. The zero-order chi connectivity index (χ0) is 11.4. The van der Waals surface area contributed by atoms with Crippen LogP contribution in [0.1, 0.15) is 5.89 Å². The van der Waals surface area contributed by atoms with E-state index in [9.17, 15) is 0 Å². The van der Waals surface area contributed by atoms with Crippen molar-refractivity contribution in [1.29, 1.82) is 0 Å². The Labute approximate surface area is 99.9 Å². The quantitative estimate of drug-likeness (QED) is 0.485. The molecule has 0 amide bonds. The van der Waals surface area contributed by atoms with E-state index in [1.54, 1.807) is 6.20 Å². The Morgan fingerprint density at radius 1 is 1.44 bits per heavy atom. The molecule has 0 radical (unpaired) electrons. The van der Waals surface area contributed by atoms with Crippen molar-refractivity contribution in [3.05, 3.63) is 51.3 Å². The lowest BCUT2D eigenvalue weighted by Crippen LogP contribution is -1.77. The first-order valence-corrected chi connectivity index (χ1v) is 5.31. The third-order valence-electron chi connectivity index (χ3n) is 1.96. The minimum absolute atomic E-state index is 0.126. The minimum Gasteiger partial charge on any atom is -0.441 e. The Morgan fingerprint density at radius 2 is 2.25 bits per heavy atom. The van der Waals surface area contributed by atoms with Crippen LogP contribution in [0, 0.1) is 0 Å². The van der Waals surface area contributed by atoms with Gasteiger partial charge in [0.25, 0.3) is 0 Å². The van der Waals surface area contributed by atoms with Gasteiger partial charge in [-0.3, -0.25) is 0 Å². The molecule has 0 saturated heterocycles. The molecule has 6 heteroatoms. The summed E-state index contributed by atoms with van der Waals surface area (Å²) in [5, 5.41) is 3.38. The Balaban J connectivity index is 2.31. The van der Waals surface area contributed by atoms with E-state index >= 15 is 0 Å². The van der Waals surface area contributed by atoms with Crippen molar-refractivity contribution in [3.8, 4) is 11.3 Å². The molecule has 0 bridgehead atoms. The molecular weight excluding hydrogens is 272 g/mol. The third-order valence-corrected chi connectivity index (χ3v) is 2.65. The van der Waals surface area contributed by atoms with E-state index in [4.69, 9.17) is 9.95 Å². The Hall–Kier alpha value is -1.78. The molecule has 0 atom stereocenters. The number of hydrogen-bond acceptors (Lipinski definition) is 3. The van der Waals surface area contributed by atoms with Gasteiger partial charge in [-0.1, -0.05) is 39.2 Å². The number of oxazole rings is 1.